The first-order valence-corrected chi connectivity index (χ1v) is 12.9. The van der Waals surface area contributed by atoms with Crippen LogP contribution in [-0.4, -0.2) is 19.6 Å². The number of rotatable bonds is 10. The molecule has 0 saturated carbocycles. The van der Waals surface area contributed by atoms with Gasteiger partial charge in [-0.3, -0.25) is 4.79 Å². The molecule has 192 valence electrons. The third kappa shape index (κ3) is 6.72. The smallest absolute Gasteiger partial charge is 0.262 e. The van der Waals surface area contributed by atoms with Gasteiger partial charge in [0.1, 0.15) is 24.0 Å². The van der Waals surface area contributed by atoms with Gasteiger partial charge in [-0.25, -0.2) is 0 Å². The number of hydrogen-bond acceptors (Lipinski definition) is 5. The molecule has 0 heterocycles. The normalized spacial score (nSPS) is 11.1. The van der Waals surface area contributed by atoms with Gasteiger partial charge in [0.05, 0.1) is 18.2 Å². The van der Waals surface area contributed by atoms with Crippen LogP contribution in [0.2, 0.25) is 0 Å². The van der Waals surface area contributed by atoms with Gasteiger partial charge in [0.25, 0.3) is 5.91 Å². The van der Waals surface area contributed by atoms with E-state index in [1.54, 1.807) is 19.2 Å². The van der Waals surface area contributed by atoms with Crippen molar-refractivity contribution < 1.29 is 19.0 Å². The Morgan fingerprint density at radius 3 is 2.42 bits per heavy atom. The minimum Gasteiger partial charge on any atom is -0.497 e. The summed E-state index contributed by atoms with van der Waals surface area (Å²) in [5.41, 5.74) is 2.54. The molecule has 0 bridgehead atoms. The molecule has 1 N–H and O–H groups in total. The molecule has 0 aliphatic carbocycles. The first-order valence-electron chi connectivity index (χ1n) is 12.1. The van der Waals surface area contributed by atoms with E-state index < -0.39 is 5.91 Å². The van der Waals surface area contributed by atoms with Crippen molar-refractivity contribution in [3.8, 4) is 23.3 Å². The van der Waals surface area contributed by atoms with Gasteiger partial charge < -0.3 is 19.5 Å². The molecule has 0 aromatic heterocycles. The van der Waals surface area contributed by atoms with Crippen LogP contribution in [0.1, 0.15) is 23.6 Å². The van der Waals surface area contributed by atoms with Gasteiger partial charge in [0, 0.05) is 6.54 Å². The lowest BCUT2D eigenvalue weighted by Crippen LogP contribution is -2.23. The Morgan fingerprint density at radius 1 is 0.974 bits per heavy atom. The second-order valence-corrected chi connectivity index (χ2v) is 9.29. The molecule has 0 saturated heterocycles. The second kappa shape index (κ2) is 12.8. The molecule has 4 aromatic rings. The SMILES string of the molecule is CCOc1cc(/C=C(/C#N)C(=O)NCc2ccc(OC)cc2)cc(Br)c1OCc1ccc2ccccc2c1. The van der Waals surface area contributed by atoms with Crippen LogP contribution in [0.5, 0.6) is 17.2 Å². The van der Waals surface area contributed by atoms with Crippen molar-refractivity contribution in [2.75, 3.05) is 13.7 Å². The Labute approximate surface area is 230 Å². The first-order chi connectivity index (χ1) is 18.5. The number of ether oxygens (including phenoxy) is 3. The van der Waals surface area contributed by atoms with Crippen LogP contribution in [0.25, 0.3) is 16.8 Å². The van der Waals surface area contributed by atoms with E-state index >= 15 is 0 Å². The lowest BCUT2D eigenvalue weighted by molar-refractivity contribution is -0.117. The maximum absolute atomic E-state index is 12.7. The van der Waals surface area contributed by atoms with Gasteiger partial charge >= 0.3 is 0 Å². The number of benzene rings is 4. The summed E-state index contributed by atoms with van der Waals surface area (Å²) in [6, 6.07) is 27.3. The Morgan fingerprint density at radius 2 is 1.71 bits per heavy atom. The standard InChI is InChI=1S/C31H27BrN2O4/c1-3-37-29-17-23(15-26(18-33)31(35)34-19-21-9-12-27(36-2)13-10-21)16-28(32)30(29)38-20-22-8-11-24-6-4-5-7-25(24)14-22/h4-17H,3,19-20H2,1-2H3,(H,34,35)/b26-15-. The van der Waals surface area contributed by atoms with Gasteiger partial charge in [-0.05, 0) is 86.7 Å². The molecule has 0 unspecified atom stereocenters. The number of nitrogens with zero attached hydrogens (tertiary/aromatic N) is 1. The van der Waals surface area contributed by atoms with Crippen LogP contribution in [0.3, 0.4) is 0 Å². The lowest BCUT2D eigenvalue weighted by Gasteiger charge is -2.15. The van der Waals surface area contributed by atoms with Crippen LogP contribution in [0.4, 0.5) is 0 Å². The summed E-state index contributed by atoms with van der Waals surface area (Å²) in [5, 5.41) is 14.7. The molecule has 0 aliphatic rings. The Kier molecular flexibility index (Phi) is 9.02. The molecule has 0 fully saturated rings. The maximum atomic E-state index is 12.7. The number of fused-ring (bicyclic) bond motifs is 1. The number of amides is 1. The quantitative estimate of drug-likeness (QED) is 0.167. The fourth-order valence-corrected chi connectivity index (χ4v) is 4.47. The van der Waals surface area contributed by atoms with E-state index in [1.807, 2.05) is 55.5 Å². The number of carbonyl (C=O) groups is 1. The lowest BCUT2D eigenvalue weighted by atomic mass is 10.1. The number of carbonyl (C=O) groups excluding carboxylic acids is 1. The molecule has 0 spiro atoms. The molecular formula is C31H27BrN2O4. The predicted molar refractivity (Wildman–Crippen MR) is 152 cm³/mol. The van der Waals surface area contributed by atoms with Crippen LogP contribution in [-0.2, 0) is 17.9 Å². The summed E-state index contributed by atoms with van der Waals surface area (Å²) >= 11 is 3.58. The van der Waals surface area contributed by atoms with Crippen molar-refractivity contribution in [3.05, 3.63) is 106 Å². The Balaban J connectivity index is 1.50. The van der Waals surface area contributed by atoms with Crippen molar-refractivity contribution in [2.24, 2.45) is 0 Å². The van der Waals surface area contributed by atoms with E-state index in [1.165, 1.54) is 11.5 Å². The second-order valence-electron chi connectivity index (χ2n) is 8.43. The summed E-state index contributed by atoms with van der Waals surface area (Å²) in [5.74, 6) is 1.34. The molecule has 7 heteroatoms. The highest BCUT2D eigenvalue weighted by molar-refractivity contribution is 9.10. The summed E-state index contributed by atoms with van der Waals surface area (Å²) in [7, 11) is 1.60. The van der Waals surface area contributed by atoms with E-state index in [9.17, 15) is 10.1 Å². The molecule has 0 radical (unpaired) electrons. The van der Waals surface area contributed by atoms with Crippen molar-refractivity contribution >= 4 is 38.7 Å². The first kappa shape index (κ1) is 26.8. The topological polar surface area (TPSA) is 80.6 Å². The van der Waals surface area contributed by atoms with E-state index in [-0.39, 0.29) is 12.1 Å². The molecule has 6 nitrogen and oxygen atoms in total. The number of nitrogens with one attached hydrogen (secondary N) is 1. The molecular weight excluding hydrogens is 544 g/mol. The highest BCUT2D eigenvalue weighted by Crippen LogP contribution is 2.38. The summed E-state index contributed by atoms with van der Waals surface area (Å²) in [6.07, 6.45) is 1.53. The maximum Gasteiger partial charge on any atom is 0.262 e. The highest BCUT2D eigenvalue weighted by Gasteiger charge is 2.15. The average molecular weight is 571 g/mol. The molecule has 0 aliphatic heterocycles. The zero-order valence-electron chi connectivity index (χ0n) is 21.2. The number of methoxy groups -OCH3 is 1. The molecule has 38 heavy (non-hydrogen) atoms. The highest BCUT2D eigenvalue weighted by atomic mass is 79.9. The minimum absolute atomic E-state index is 0.0160. The Hall–Kier alpha value is -4.28. The molecule has 4 rings (SSSR count). The van der Waals surface area contributed by atoms with E-state index in [0.717, 1.165) is 22.3 Å². The fourth-order valence-electron chi connectivity index (χ4n) is 3.89. The van der Waals surface area contributed by atoms with E-state index in [4.69, 9.17) is 14.2 Å². The van der Waals surface area contributed by atoms with Crippen LogP contribution in [0, 0.1) is 11.3 Å². The average Bonchev–Trinajstić information content (AvgIpc) is 2.94. The zero-order chi connectivity index (χ0) is 26.9. The van der Waals surface area contributed by atoms with Gasteiger partial charge in [-0.2, -0.15) is 5.26 Å². The predicted octanol–water partition coefficient (Wildman–Crippen LogP) is 6.81. The third-order valence-corrected chi connectivity index (χ3v) is 6.41. The van der Waals surface area contributed by atoms with Gasteiger partial charge in [0.2, 0.25) is 0 Å². The van der Waals surface area contributed by atoms with Crippen LogP contribution >= 0.6 is 15.9 Å². The third-order valence-electron chi connectivity index (χ3n) is 5.82. The zero-order valence-corrected chi connectivity index (χ0v) is 22.7. The minimum atomic E-state index is -0.464. The van der Waals surface area contributed by atoms with Crippen molar-refractivity contribution in [1.82, 2.24) is 5.32 Å². The number of hydrogen-bond donors (Lipinski definition) is 1. The van der Waals surface area contributed by atoms with Crippen molar-refractivity contribution in [1.29, 1.82) is 5.26 Å². The van der Waals surface area contributed by atoms with Crippen molar-refractivity contribution in [2.45, 2.75) is 20.1 Å². The van der Waals surface area contributed by atoms with E-state index in [2.05, 4.69) is 45.5 Å². The van der Waals surface area contributed by atoms with Crippen LogP contribution < -0.4 is 19.5 Å². The van der Waals surface area contributed by atoms with Crippen molar-refractivity contribution in [3.63, 3.8) is 0 Å². The molecule has 1 amide bonds. The van der Waals surface area contributed by atoms with Gasteiger partial charge in [-0.15, -0.1) is 0 Å². The van der Waals surface area contributed by atoms with Gasteiger partial charge in [0.15, 0.2) is 11.5 Å². The summed E-state index contributed by atoms with van der Waals surface area (Å²) in [4.78, 5) is 12.7. The summed E-state index contributed by atoms with van der Waals surface area (Å²) < 4.78 is 17.8. The van der Waals surface area contributed by atoms with Gasteiger partial charge in [-0.1, -0.05) is 48.5 Å². The molecule has 4 aromatic carbocycles. The molecule has 0 atom stereocenters. The fraction of sp³-hybridized carbons (Fsp3) is 0.161. The Bertz CT molecular complexity index is 1510. The van der Waals surface area contributed by atoms with E-state index in [0.29, 0.717) is 34.7 Å². The number of nitriles is 1. The van der Waals surface area contributed by atoms with Crippen LogP contribution in [0.15, 0.2) is 88.9 Å². The summed E-state index contributed by atoms with van der Waals surface area (Å²) in [6.45, 7) is 2.96. The number of halogens is 1. The monoisotopic (exact) mass is 570 g/mol. The largest absolute Gasteiger partial charge is 0.497 e.